The molecule has 0 unspecified atom stereocenters. The lowest BCUT2D eigenvalue weighted by atomic mass is 10.1. The van der Waals surface area contributed by atoms with Gasteiger partial charge in [-0.2, -0.15) is 8.78 Å². The Morgan fingerprint density at radius 3 is 2.66 bits per heavy atom. The number of benzene rings is 1. The van der Waals surface area contributed by atoms with Crippen LogP contribution in [0.1, 0.15) is 43.0 Å². The van der Waals surface area contributed by atoms with E-state index in [1.807, 2.05) is 13.0 Å². The number of hydrogen-bond acceptors (Lipinski definition) is 5. The second-order valence-electron chi connectivity index (χ2n) is 6.56. The van der Waals surface area contributed by atoms with Gasteiger partial charge in [-0.3, -0.25) is 0 Å². The van der Waals surface area contributed by atoms with Crippen LogP contribution in [-0.4, -0.2) is 37.8 Å². The van der Waals surface area contributed by atoms with Crippen LogP contribution in [0.2, 0.25) is 0 Å². The monoisotopic (exact) mass is 426 g/mol. The van der Waals surface area contributed by atoms with Gasteiger partial charge in [-0.1, -0.05) is 19.9 Å². The Labute approximate surface area is 174 Å². The van der Waals surface area contributed by atoms with Crippen LogP contribution in [0, 0.1) is 0 Å². The lowest BCUT2D eigenvalue weighted by molar-refractivity contribution is -0.0512. The highest BCUT2D eigenvalue weighted by Crippen LogP contribution is 2.29. The first-order valence-corrected chi connectivity index (χ1v) is 10.4. The highest BCUT2D eigenvalue weighted by Gasteiger charge is 2.11. The van der Waals surface area contributed by atoms with Crippen LogP contribution in [-0.2, 0) is 13.0 Å². The summed E-state index contributed by atoms with van der Waals surface area (Å²) in [5.74, 6) is 1.40. The lowest BCUT2D eigenvalue weighted by Gasteiger charge is -2.13. The number of rotatable bonds is 10. The molecule has 1 aromatic carbocycles. The van der Waals surface area contributed by atoms with E-state index in [9.17, 15) is 8.78 Å². The largest absolute Gasteiger partial charge is 0.493 e. The summed E-state index contributed by atoms with van der Waals surface area (Å²) >= 11 is 1.61. The van der Waals surface area contributed by atoms with Gasteiger partial charge in [0.25, 0.3) is 0 Å². The number of methoxy groups -OCH3 is 1. The summed E-state index contributed by atoms with van der Waals surface area (Å²) in [4.78, 5) is 9.16. The van der Waals surface area contributed by atoms with Crippen LogP contribution in [0.25, 0.3) is 0 Å². The molecule has 0 bridgehead atoms. The topological polar surface area (TPSA) is 67.8 Å². The summed E-state index contributed by atoms with van der Waals surface area (Å²) in [5, 5.41) is 9.49. The maximum Gasteiger partial charge on any atom is 0.387 e. The number of thiazole rings is 1. The van der Waals surface area contributed by atoms with E-state index in [0.29, 0.717) is 31.4 Å². The van der Waals surface area contributed by atoms with Crippen molar-refractivity contribution in [3.8, 4) is 11.5 Å². The van der Waals surface area contributed by atoms with Crippen LogP contribution >= 0.6 is 11.3 Å². The summed E-state index contributed by atoms with van der Waals surface area (Å²) in [6, 6.07) is 5.02. The fourth-order valence-corrected chi connectivity index (χ4v) is 3.42. The van der Waals surface area contributed by atoms with Gasteiger partial charge in [-0.25, -0.2) is 9.98 Å². The Bertz CT molecular complexity index is 797. The number of nitrogens with one attached hydrogen (secondary N) is 2. The number of alkyl halides is 2. The van der Waals surface area contributed by atoms with Crippen molar-refractivity contribution in [2.24, 2.45) is 4.99 Å². The van der Waals surface area contributed by atoms with Crippen LogP contribution in [0.15, 0.2) is 28.6 Å². The molecule has 160 valence electrons. The molecule has 0 saturated heterocycles. The number of halogens is 2. The molecule has 0 atom stereocenters. The van der Waals surface area contributed by atoms with E-state index in [0.717, 1.165) is 22.8 Å². The quantitative estimate of drug-likeness (QED) is 0.441. The predicted molar refractivity (Wildman–Crippen MR) is 112 cm³/mol. The molecule has 0 aliphatic rings. The third-order valence-electron chi connectivity index (χ3n) is 4.03. The zero-order valence-corrected chi connectivity index (χ0v) is 18.0. The SMILES string of the molecule is CCNC(=NCc1nc(C(C)C)cs1)NCCc1ccc(OC)c(OC(F)F)c1. The summed E-state index contributed by atoms with van der Waals surface area (Å²) in [6.07, 6.45) is 0.614. The van der Waals surface area contributed by atoms with Crippen LogP contribution < -0.4 is 20.1 Å². The summed E-state index contributed by atoms with van der Waals surface area (Å²) in [7, 11) is 1.42. The van der Waals surface area contributed by atoms with Crippen molar-refractivity contribution in [1.82, 2.24) is 15.6 Å². The fourth-order valence-electron chi connectivity index (χ4n) is 2.54. The van der Waals surface area contributed by atoms with Crippen molar-refractivity contribution in [3.63, 3.8) is 0 Å². The first-order valence-electron chi connectivity index (χ1n) is 9.51. The van der Waals surface area contributed by atoms with E-state index in [2.05, 4.69) is 44.6 Å². The Balaban J connectivity index is 1.94. The molecule has 2 aromatic rings. The van der Waals surface area contributed by atoms with Gasteiger partial charge in [0.2, 0.25) is 0 Å². The molecular formula is C20H28F2N4O2S. The number of aromatic nitrogens is 1. The minimum atomic E-state index is -2.90. The molecule has 0 radical (unpaired) electrons. The maximum atomic E-state index is 12.6. The standard InChI is InChI=1S/C20H28F2N4O2S/c1-5-23-20(25-11-18-26-15(12-29-18)13(2)3)24-9-8-14-6-7-16(27-4)17(10-14)28-19(21)22/h6-7,10,12-13,19H,5,8-9,11H2,1-4H3,(H2,23,24,25). The molecule has 0 amide bonds. The Kier molecular flexibility index (Phi) is 9.11. The van der Waals surface area contributed by atoms with Gasteiger partial charge in [0.05, 0.1) is 19.3 Å². The third kappa shape index (κ3) is 7.49. The summed E-state index contributed by atoms with van der Waals surface area (Å²) in [5.41, 5.74) is 1.94. The molecule has 0 spiro atoms. The van der Waals surface area contributed by atoms with E-state index < -0.39 is 6.61 Å². The van der Waals surface area contributed by atoms with Gasteiger partial charge in [-0.15, -0.1) is 11.3 Å². The summed E-state index contributed by atoms with van der Waals surface area (Å²) in [6.45, 7) is 5.15. The van der Waals surface area contributed by atoms with Gasteiger partial charge in [0.15, 0.2) is 17.5 Å². The van der Waals surface area contributed by atoms with E-state index >= 15 is 0 Å². The van der Waals surface area contributed by atoms with Gasteiger partial charge in [-0.05, 0) is 37.0 Å². The number of ether oxygens (including phenoxy) is 2. The fraction of sp³-hybridized carbons (Fsp3) is 0.500. The van der Waals surface area contributed by atoms with Gasteiger partial charge in [0.1, 0.15) is 5.01 Å². The van der Waals surface area contributed by atoms with E-state index in [-0.39, 0.29) is 11.5 Å². The summed E-state index contributed by atoms with van der Waals surface area (Å²) < 4.78 is 34.7. The molecule has 6 nitrogen and oxygen atoms in total. The first kappa shape index (κ1) is 22.9. The number of nitrogens with zero attached hydrogens (tertiary/aromatic N) is 2. The minimum Gasteiger partial charge on any atom is -0.493 e. The normalized spacial score (nSPS) is 11.8. The van der Waals surface area contributed by atoms with Crippen molar-refractivity contribution < 1.29 is 18.3 Å². The molecule has 9 heteroatoms. The number of guanidine groups is 1. The van der Waals surface area contributed by atoms with E-state index in [4.69, 9.17) is 4.74 Å². The predicted octanol–water partition coefficient (Wildman–Crippen LogP) is 4.17. The van der Waals surface area contributed by atoms with Crippen molar-refractivity contribution in [2.75, 3.05) is 20.2 Å². The molecule has 0 aliphatic heterocycles. The first-order chi connectivity index (χ1) is 13.9. The third-order valence-corrected chi connectivity index (χ3v) is 4.88. The van der Waals surface area contributed by atoms with Crippen molar-refractivity contribution >= 4 is 17.3 Å². The van der Waals surface area contributed by atoms with Gasteiger partial charge >= 0.3 is 6.61 Å². The molecule has 1 heterocycles. The molecule has 2 rings (SSSR count). The van der Waals surface area contributed by atoms with Crippen molar-refractivity contribution in [2.45, 2.75) is 46.3 Å². The molecule has 1 aromatic heterocycles. The molecule has 0 saturated carbocycles. The molecule has 0 fully saturated rings. The molecule has 2 N–H and O–H groups in total. The second kappa shape index (κ2) is 11.5. The minimum absolute atomic E-state index is 0.0327. The van der Waals surface area contributed by atoms with Crippen LogP contribution in [0.5, 0.6) is 11.5 Å². The van der Waals surface area contributed by atoms with Crippen LogP contribution in [0.4, 0.5) is 8.78 Å². The Morgan fingerprint density at radius 1 is 1.24 bits per heavy atom. The number of aliphatic imine (C=N–C) groups is 1. The highest BCUT2D eigenvalue weighted by molar-refractivity contribution is 7.09. The zero-order valence-electron chi connectivity index (χ0n) is 17.2. The number of hydrogen-bond donors (Lipinski definition) is 2. The average molecular weight is 427 g/mol. The van der Waals surface area contributed by atoms with Crippen LogP contribution in [0.3, 0.4) is 0 Å². The van der Waals surface area contributed by atoms with E-state index in [1.165, 1.54) is 7.11 Å². The Hall–Kier alpha value is -2.42. The molecule has 0 aliphatic carbocycles. The average Bonchev–Trinajstić information content (AvgIpc) is 3.15. The maximum absolute atomic E-state index is 12.6. The van der Waals surface area contributed by atoms with Gasteiger partial charge < -0.3 is 20.1 Å². The second-order valence-corrected chi connectivity index (χ2v) is 7.50. The highest BCUT2D eigenvalue weighted by atomic mass is 32.1. The molecule has 29 heavy (non-hydrogen) atoms. The van der Waals surface area contributed by atoms with Crippen molar-refractivity contribution in [3.05, 3.63) is 39.8 Å². The Morgan fingerprint density at radius 2 is 2.03 bits per heavy atom. The van der Waals surface area contributed by atoms with E-state index in [1.54, 1.807) is 23.5 Å². The lowest BCUT2D eigenvalue weighted by Crippen LogP contribution is -2.38. The zero-order chi connectivity index (χ0) is 21.2. The molecular weight excluding hydrogens is 398 g/mol. The van der Waals surface area contributed by atoms with Crippen molar-refractivity contribution in [1.29, 1.82) is 0 Å². The smallest absolute Gasteiger partial charge is 0.387 e. The van der Waals surface area contributed by atoms with Gasteiger partial charge in [0, 0.05) is 18.5 Å².